The van der Waals surface area contributed by atoms with Gasteiger partial charge in [-0.15, -0.1) is 0 Å². The predicted molar refractivity (Wildman–Crippen MR) is 96.2 cm³/mol. The minimum absolute atomic E-state index is 0.205. The second-order valence-electron chi connectivity index (χ2n) is 7.78. The summed E-state index contributed by atoms with van der Waals surface area (Å²) in [6.45, 7) is 7.89. The van der Waals surface area contributed by atoms with Gasteiger partial charge in [-0.05, 0) is 48.2 Å². The van der Waals surface area contributed by atoms with Crippen LogP contribution in [-0.2, 0) is 17.6 Å². The molecule has 0 spiro atoms. The van der Waals surface area contributed by atoms with E-state index in [1.807, 2.05) is 52.0 Å². The highest BCUT2D eigenvalue weighted by Gasteiger charge is 2.39. The molecule has 0 aliphatic rings. The van der Waals surface area contributed by atoms with Crippen molar-refractivity contribution in [1.82, 2.24) is 0 Å². The first-order valence-electron chi connectivity index (χ1n) is 8.21. The van der Waals surface area contributed by atoms with Crippen LogP contribution in [0.1, 0.15) is 38.8 Å². The van der Waals surface area contributed by atoms with E-state index in [1.165, 1.54) is 0 Å². The molecule has 0 radical (unpaired) electrons. The van der Waals surface area contributed by atoms with E-state index >= 15 is 0 Å². The molecule has 0 unspecified atom stereocenters. The molecule has 0 aliphatic carbocycles. The second-order valence-corrected chi connectivity index (χ2v) is 7.78. The van der Waals surface area contributed by atoms with E-state index in [0.29, 0.717) is 12.8 Å². The standard InChI is InChI=1S/C21H26O3/c1-20(2,13-15-5-9-17(22)10-6-15)19(24)21(3,4)14-16-7-11-18(23)12-8-16/h5-12,22-23H,13-14H2,1-4H3. The van der Waals surface area contributed by atoms with Gasteiger partial charge in [0.25, 0.3) is 0 Å². The summed E-state index contributed by atoms with van der Waals surface area (Å²) in [5.41, 5.74) is 1.06. The van der Waals surface area contributed by atoms with Gasteiger partial charge in [0, 0.05) is 10.8 Å². The third-order valence-corrected chi connectivity index (χ3v) is 4.39. The van der Waals surface area contributed by atoms with Gasteiger partial charge in [-0.25, -0.2) is 0 Å². The zero-order valence-electron chi connectivity index (χ0n) is 14.8. The first-order chi connectivity index (χ1) is 11.1. The average molecular weight is 326 g/mol. The number of ketones is 1. The Bertz CT molecular complexity index is 633. The van der Waals surface area contributed by atoms with Crippen LogP contribution in [0.15, 0.2) is 48.5 Å². The van der Waals surface area contributed by atoms with Gasteiger partial charge in [0.2, 0.25) is 0 Å². The van der Waals surface area contributed by atoms with Crippen molar-refractivity contribution in [3.8, 4) is 11.5 Å². The number of hydrogen-bond donors (Lipinski definition) is 2. The number of phenolic OH excluding ortho intramolecular Hbond substituents is 2. The number of benzene rings is 2. The zero-order valence-corrected chi connectivity index (χ0v) is 14.8. The highest BCUT2D eigenvalue weighted by atomic mass is 16.3. The normalized spacial score (nSPS) is 12.2. The van der Waals surface area contributed by atoms with E-state index in [2.05, 4.69) is 0 Å². The van der Waals surface area contributed by atoms with Gasteiger partial charge < -0.3 is 10.2 Å². The Morgan fingerprint density at radius 2 is 1.00 bits per heavy atom. The molecule has 3 nitrogen and oxygen atoms in total. The molecule has 3 heteroatoms. The highest BCUT2D eigenvalue weighted by molar-refractivity contribution is 5.89. The summed E-state index contributed by atoms with van der Waals surface area (Å²) in [7, 11) is 0. The van der Waals surface area contributed by atoms with Crippen LogP contribution in [0.5, 0.6) is 11.5 Å². The van der Waals surface area contributed by atoms with E-state index in [1.54, 1.807) is 24.3 Å². The Balaban J connectivity index is 2.14. The molecule has 2 rings (SSSR count). The van der Waals surface area contributed by atoms with E-state index in [-0.39, 0.29) is 17.3 Å². The molecule has 2 aromatic carbocycles. The van der Waals surface area contributed by atoms with Gasteiger partial charge in [0.15, 0.2) is 0 Å². The fraction of sp³-hybridized carbons (Fsp3) is 0.381. The molecular weight excluding hydrogens is 300 g/mol. The van der Waals surface area contributed by atoms with Gasteiger partial charge in [0.05, 0.1) is 0 Å². The number of Topliss-reactive ketones (excluding diaryl/α,β-unsaturated/α-hetero) is 1. The lowest BCUT2D eigenvalue weighted by molar-refractivity contribution is -0.135. The van der Waals surface area contributed by atoms with Gasteiger partial charge in [0.1, 0.15) is 17.3 Å². The molecule has 0 amide bonds. The Labute approximate surface area is 144 Å². The third kappa shape index (κ3) is 4.38. The van der Waals surface area contributed by atoms with Gasteiger partial charge in [-0.3, -0.25) is 4.79 Å². The van der Waals surface area contributed by atoms with Crippen LogP contribution < -0.4 is 0 Å². The van der Waals surface area contributed by atoms with Crippen molar-refractivity contribution in [2.24, 2.45) is 10.8 Å². The Morgan fingerprint density at radius 3 is 1.29 bits per heavy atom. The van der Waals surface area contributed by atoms with Crippen LogP contribution in [0.25, 0.3) is 0 Å². The smallest absolute Gasteiger partial charge is 0.144 e. The Kier molecular flexibility index (Phi) is 5.02. The molecule has 0 saturated heterocycles. The molecule has 24 heavy (non-hydrogen) atoms. The predicted octanol–water partition coefficient (Wildman–Crippen LogP) is 4.50. The largest absolute Gasteiger partial charge is 0.508 e. The lowest BCUT2D eigenvalue weighted by Gasteiger charge is -2.33. The first-order valence-corrected chi connectivity index (χ1v) is 8.21. The average Bonchev–Trinajstić information content (AvgIpc) is 2.51. The SMILES string of the molecule is CC(C)(Cc1ccc(O)cc1)C(=O)C(C)(C)Cc1ccc(O)cc1. The lowest BCUT2D eigenvalue weighted by Crippen LogP contribution is -2.39. The maximum atomic E-state index is 13.1. The van der Waals surface area contributed by atoms with Crippen molar-refractivity contribution in [1.29, 1.82) is 0 Å². The van der Waals surface area contributed by atoms with Crippen LogP contribution in [0.2, 0.25) is 0 Å². The van der Waals surface area contributed by atoms with E-state index in [9.17, 15) is 15.0 Å². The molecule has 0 heterocycles. The van der Waals surface area contributed by atoms with Crippen molar-refractivity contribution in [3.63, 3.8) is 0 Å². The number of rotatable bonds is 6. The fourth-order valence-corrected chi connectivity index (χ4v) is 3.32. The summed E-state index contributed by atoms with van der Waals surface area (Å²) in [6.07, 6.45) is 1.26. The quantitative estimate of drug-likeness (QED) is 0.821. The van der Waals surface area contributed by atoms with Crippen molar-refractivity contribution in [2.75, 3.05) is 0 Å². The van der Waals surface area contributed by atoms with Gasteiger partial charge in [-0.2, -0.15) is 0 Å². The highest BCUT2D eigenvalue weighted by Crippen LogP contribution is 2.35. The summed E-state index contributed by atoms with van der Waals surface area (Å²) >= 11 is 0. The molecule has 0 fully saturated rings. The molecule has 128 valence electrons. The third-order valence-electron chi connectivity index (χ3n) is 4.39. The second kappa shape index (κ2) is 6.68. The number of aromatic hydroxyl groups is 2. The summed E-state index contributed by atoms with van der Waals surface area (Å²) < 4.78 is 0. The molecule has 0 bridgehead atoms. The molecule has 0 saturated carbocycles. The minimum Gasteiger partial charge on any atom is -0.508 e. The Morgan fingerprint density at radius 1 is 0.708 bits per heavy atom. The van der Waals surface area contributed by atoms with Crippen LogP contribution in [0.3, 0.4) is 0 Å². The van der Waals surface area contributed by atoms with Crippen LogP contribution in [0.4, 0.5) is 0 Å². The topological polar surface area (TPSA) is 57.5 Å². The zero-order chi connectivity index (χ0) is 18.0. The van der Waals surface area contributed by atoms with Crippen molar-refractivity contribution in [3.05, 3.63) is 59.7 Å². The number of hydrogen-bond acceptors (Lipinski definition) is 3. The van der Waals surface area contributed by atoms with E-state index in [0.717, 1.165) is 11.1 Å². The molecule has 0 aliphatic heterocycles. The number of carbonyl (C=O) groups excluding carboxylic acids is 1. The summed E-state index contributed by atoms with van der Waals surface area (Å²) in [6, 6.07) is 14.0. The fourth-order valence-electron chi connectivity index (χ4n) is 3.32. The van der Waals surface area contributed by atoms with Gasteiger partial charge in [-0.1, -0.05) is 52.0 Å². The molecule has 2 aromatic rings. The van der Waals surface area contributed by atoms with Crippen molar-refractivity contribution < 1.29 is 15.0 Å². The Hall–Kier alpha value is -2.29. The van der Waals surface area contributed by atoms with Crippen molar-refractivity contribution >= 4 is 5.78 Å². The maximum Gasteiger partial charge on any atom is 0.144 e. The lowest BCUT2D eigenvalue weighted by atomic mass is 9.68. The van der Waals surface area contributed by atoms with E-state index < -0.39 is 10.8 Å². The molecule has 0 aromatic heterocycles. The molecular formula is C21H26O3. The van der Waals surface area contributed by atoms with Crippen molar-refractivity contribution in [2.45, 2.75) is 40.5 Å². The van der Waals surface area contributed by atoms with Crippen LogP contribution in [0, 0.1) is 10.8 Å². The van der Waals surface area contributed by atoms with Crippen LogP contribution in [-0.4, -0.2) is 16.0 Å². The number of phenols is 2. The molecule has 2 N–H and O–H groups in total. The first kappa shape index (κ1) is 18.1. The number of carbonyl (C=O) groups is 1. The minimum atomic E-state index is -0.503. The van der Waals surface area contributed by atoms with Gasteiger partial charge >= 0.3 is 0 Å². The monoisotopic (exact) mass is 326 g/mol. The summed E-state index contributed by atoms with van der Waals surface area (Å²) in [4.78, 5) is 13.1. The maximum absolute atomic E-state index is 13.1. The van der Waals surface area contributed by atoms with Crippen LogP contribution >= 0.6 is 0 Å². The summed E-state index contributed by atoms with van der Waals surface area (Å²) in [5, 5.41) is 18.8. The molecule has 0 atom stereocenters. The summed E-state index contributed by atoms with van der Waals surface area (Å²) in [5.74, 6) is 0.669. The van der Waals surface area contributed by atoms with E-state index in [4.69, 9.17) is 0 Å².